The van der Waals surface area contributed by atoms with Crippen LogP contribution in [0.5, 0.6) is 0 Å². The normalized spacial score (nSPS) is 32.9. The average Bonchev–Trinajstić information content (AvgIpc) is 2.70. The van der Waals surface area contributed by atoms with Gasteiger partial charge in [0.05, 0.1) is 6.61 Å². The van der Waals surface area contributed by atoms with Gasteiger partial charge in [-0.25, -0.2) is 0 Å². The molecule has 10 heavy (non-hydrogen) atoms. The molecule has 0 bridgehead atoms. The molecule has 0 saturated carbocycles. The number of epoxide rings is 1. The Hall–Kier alpha value is -0.560. The number of hydrogen-bond donors (Lipinski definition) is 1. The highest BCUT2D eigenvalue weighted by molar-refractivity contribution is 5.06. The molecule has 0 unspecified atom stereocenters. The molecule has 1 fully saturated rings. The van der Waals surface area contributed by atoms with E-state index >= 15 is 0 Å². The van der Waals surface area contributed by atoms with Crippen molar-refractivity contribution >= 4 is 0 Å². The molecule has 3 atom stereocenters. The fraction of sp³-hybridized carbons (Fsp3) is 0.714. The Kier molecular flexibility index (Phi) is 2.28. The molecule has 0 spiro atoms. The maximum Gasteiger partial charge on any atom is 0.146 e. The molecule has 0 aromatic carbocycles. The molecule has 1 rings (SSSR count). The minimum Gasteiger partial charge on any atom is -0.394 e. The van der Waals surface area contributed by atoms with Crippen LogP contribution in [0.25, 0.3) is 0 Å². The van der Waals surface area contributed by atoms with Crippen LogP contribution < -0.4 is 0 Å². The van der Waals surface area contributed by atoms with Crippen molar-refractivity contribution in [3.8, 4) is 12.3 Å². The van der Waals surface area contributed by atoms with Gasteiger partial charge in [-0.3, -0.25) is 0 Å². The summed E-state index contributed by atoms with van der Waals surface area (Å²) < 4.78 is 9.88. The predicted octanol–water partition coefficient (Wildman–Crippen LogP) is -0.606. The SMILES string of the molecule is C#C[C@H](OC)[C@@H]1O[C@@H]1CO. The summed E-state index contributed by atoms with van der Waals surface area (Å²) in [7, 11) is 1.53. The van der Waals surface area contributed by atoms with Gasteiger partial charge in [0.25, 0.3) is 0 Å². The summed E-state index contributed by atoms with van der Waals surface area (Å²) in [5.41, 5.74) is 0. The van der Waals surface area contributed by atoms with E-state index in [9.17, 15) is 0 Å². The Balaban J connectivity index is 2.31. The second-order valence-electron chi connectivity index (χ2n) is 2.14. The van der Waals surface area contributed by atoms with E-state index in [0.29, 0.717) is 0 Å². The molecule has 3 nitrogen and oxygen atoms in total. The molecule has 1 N–H and O–H groups in total. The molecule has 1 saturated heterocycles. The summed E-state index contributed by atoms with van der Waals surface area (Å²) in [5, 5.41) is 8.57. The lowest BCUT2D eigenvalue weighted by molar-refractivity contribution is 0.120. The van der Waals surface area contributed by atoms with Crippen molar-refractivity contribution in [1.82, 2.24) is 0 Å². The van der Waals surface area contributed by atoms with Gasteiger partial charge < -0.3 is 14.6 Å². The fourth-order valence-corrected chi connectivity index (χ4v) is 0.867. The van der Waals surface area contributed by atoms with Crippen LogP contribution in [0.3, 0.4) is 0 Å². The highest BCUT2D eigenvalue weighted by Gasteiger charge is 2.44. The third kappa shape index (κ3) is 1.29. The van der Waals surface area contributed by atoms with Crippen molar-refractivity contribution in [3.05, 3.63) is 0 Å². The molecule has 1 aliphatic heterocycles. The molecule has 0 radical (unpaired) electrons. The molecule has 0 amide bonds. The third-order valence-corrected chi connectivity index (χ3v) is 1.52. The van der Waals surface area contributed by atoms with Crippen LogP contribution in [0.2, 0.25) is 0 Å². The largest absolute Gasteiger partial charge is 0.394 e. The van der Waals surface area contributed by atoms with Crippen molar-refractivity contribution in [1.29, 1.82) is 0 Å². The second kappa shape index (κ2) is 3.02. The van der Waals surface area contributed by atoms with Gasteiger partial charge in [-0.15, -0.1) is 6.42 Å². The standard InChI is InChI=1S/C7H10O3/c1-3-5(9-2)7-6(4-8)10-7/h1,5-8H,4H2,2H3/t5-,6+,7-/m0/s1. The van der Waals surface area contributed by atoms with Gasteiger partial charge in [0.2, 0.25) is 0 Å². The zero-order valence-corrected chi connectivity index (χ0v) is 5.78. The van der Waals surface area contributed by atoms with Gasteiger partial charge >= 0.3 is 0 Å². The summed E-state index contributed by atoms with van der Waals surface area (Å²) in [6.45, 7) is 0.0200. The lowest BCUT2D eigenvalue weighted by Crippen LogP contribution is -2.18. The van der Waals surface area contributed by atoms with Crippen molar-refractivity contribution in [3.63, 3.8) is 0 Å². The average molecular weight is 142 g/mol. The van der Waals surface area contributed by atoms with E-state index < -0.39 is 0 Å². The summed E-state index contributed by atoms with van der Waals surface area (Å²) in [5.74, 6) is 2.42. The van der Waals surface area contributed by atoms with Gasteiger partial charge in [0.15, 0.2) is 0 Å². The highest BCUT2D eigenvalue weighted by Crippen LogP contribution is 2.25. The smallest absolute Gasteiger partial charge is 0.146 e. The third-order valence-electron chi connectivity index (χ3n) is 1.52. The molecule has 56 valence electrons. The first-order valence-electron chi connectivity index (χ1n) is 3.08. The molecular weight excluding hydrogens is 132 g/mol. The predicted molar refractivity (Wildman–Crippen MR) is 35.4 cm³/mol. The minimum absolute atomic E-state index is 0.0200. The first kappa shape index (κ1) is 7.55. The van der Waals surface area contributed by atoms with Gasteiger partial charge in [-0.1, -0.05) is 5.92 Å². The van der Waals surface area contributed by atoms with Crippen molar-refractivity contribution in [2.75, 3.05) is 13.7 Å². The topological polar surface area (TPSA) is 42.0 Å². The van der Waals surface area contributed by atoms with Gasteiger partial charge in [0.1, 0.15) is 18.3 Å². The highest BCUT2D eigenvalue weighted by atomic mass is 16.6. The first-order valence-corrected chi connectivity index (χ1v) is 3.08. The van der Waals surface area contributed by atoms with Crippen LogP contribution in [-0.2, 0) is 9.47 Å². The quantitative estimate of drug-likeness (QED) is 0.422. The summed E-state index contributed by atoms with van der Waals surface area (Å²) in [6, 6.07) is 0. The number of rotatable bonds is 3. The van der Waals surface area contributed by atoms with E-state index in [1.807, 2.05) is 0 Å². The lowest BCUT2D eigenvalue weighted by atomic mass is 10.2. The Bertz CT molecular complexity index is 149. The zero-order chi connectivity index (χ0) is 7.56. The summed E-state index contributed by atoms with van der Waals surface area (Å²) in [4.78, 5) is 0. The molecule has 0 aromatic rings. The van der Waals surface area contributed by atoms with Crippen LogP contribution in [0.1, 0.15) is 0 Å². The molecule has 1 heterocycles. The zero-order valence-electron chi connectivity index (χ0n) is 5.78. The fourth-order valence-electron chi connectivity index (χ4n) is 0.867. The Morgan fingerprint density at radius 1 is 1.90 bits per heavy atom. The van der Waals surface area contributed by atoms with Crippen LogP contribution in [0, 0.1) is 12.3 Å². The number of terminal acetylenes is 1. The maximum absolute atomic E-state index is 8.57. The number of aliphatic hydroxyl groups is 1. The van der Waals surface area contributed by atoms with E-state index in [4.69, 9.17) is 21.0 Å². The van der Waals surface area contributed by atoms with E-state index in [0.717, 1.165) is 0 Å². The van der Waals surface area contributed by atoms with Gasteiger partial charge in [-0.2, -0.15) is 0 Å². The molecule has 3 heteroatoms. The minimum atomic E-state index is -0.308. The first-order chi connectivity index (χ1) is 4.83. The van der Waals surface area contributed by atoms with Gasteiger partial charge in [0, 0.05) is 7.11 Å². The van der Waals surface area contributed by atoms with Crippen LogP contribution >= 0.6 is 0 Å². The Morgan fingerprint density at radius 3 is 2.90 bits per heavy atom. The van der Waals surface area contributed by atoms with Crippen LogP contribution in [-0.4, -0.2) is 37.1 Å². The summed E-state index contributed by atoms with van der Waals surface area (Å²) in [6.07, 6.45) is 4.59. The second-order valence-corrected chi connectivity index (χ2v) is 2.14. The van der Waals surface area contributed by atoms with E-state index in [1.54, 1.807) is 0 Å². The summed E-state index contributed by atoms with van der Waals surface area (Å²) >= 11 is 0. The number of ether oxygens (including phenoxy) is 2. The lowest BCUT2D eigenvalue weighted by Gasteiger charge is -2.02. The van der Waals surface area contributed by atoms with Crippen LogP contribution in [0.15, 0.2) is 0 Å². The molecule has 1 aliphatic rings. The van der Waals surface area contributed by atoms with E-state index in [2.05, 4.69) is 5.92 Å². The van der Waals surface area contributed by atoms with Gasteiger partial charge in [-0.05, 0) is 0 Å². The number of methoxy groups -OCH3 is 1. The maximum atomic E-state index is 8.57. The van der Waals surface area contributed by atoms with E-state index in [-0.39, 0.29) is 24.9 Å². The monoisotopic (exact) mass is 142 g/mol. The van der Waals surface area contributed by atoms with Crippen LogP contribution in [0.4, 0.5) is 0 Å². The molecule has 0 aliphatic carbocycles. The Labute approximate surface area is 59.9 Å². The Morgan fingerprint density at radius 2 is 2.60 bits per heavy atom. The van der Waals surface area contributed by atoms with E-state index in [1.165, 1.54) is 7.11 Å². The van der Waals surface area contributed by atoms with Crippen molar-refractivity contribution in [2.24, 2.45) is 0 Å². The molecular formula is C7H10O3. The number of hydrogen-bond acceptors (Lipinski definition) is 3. The number of aliphatic hydroxyl groups excluding tert-OH is 1. The van der Waals surface area contributed by atoms with Crippen molar-refractivity contribution in [2.45, 2.75) is 18.3 Å². The van der Waals surface area contributed by atoms with Crippen molar-refractivity contribution < 1.29 is 14.6 Å². The molecule has 0 aromatic heterocycles.